The molecule has 1 aliphatic heterocycles. The SMILES string of the molecule is O=C(Cn1nc(C(F)F)c(Cl)c1C1CC1)N1CCN(Cc2ccc(Cl)c(Cl)c2)CC1. The summed E-state index contributed by atoms with van der Waals surface area (Å²) in [5.74, 6) is -0.0144. The van der Waals surface area contributed by atoms with Gasteiger partial charge in [0.05, 0.1) is 20.8 Å². The van der Waals surface area contributed by atoms with Gasteiger partial charge in [0.1, 0.15) is 12.2 Å². The monoisotopic (exact) mass is 476 g/mol. The minimum atomic E-state index is -2.75. The largest absolute Gasteiger partial charge is 0.339 e. The maximum Gasteiger partial charge on any atom is 0.283 e. The molecule has 4 rings (SSSR count). The number of hydrogen-bond donors (Lipinski definition) is 0. The van der Waals surface area contributed by atoms with Gasteiger partial charge in [-0.05, 0) is 30.5 Å². The van der Waals surface area contributed by atoms with E-state index in [0.29, 0.717) is 41.9 Å². The van der Waals surface area contributed by atoms with Crippen LogP contribution in [0.5, 0.6) is 0 Å². The number of carbonyl (C=O) groups is 1. The van der Waals surface area contributed by atoms with E-state index in [1.165, 1.54) is 4.68 Å². The first-order valence-electron chi connectivity index (χ1n) is 9.81. The van der Waals surface area contributed by atoms with Gasteiger partial charge >= 0.3 is 0 Å². The van der Waals surface area contributed by atoms with Gasteiger partial charge in [0.15, 0.2) is 0 Å². The Balaban J connectivity index is 1.36. The lowest BCUT2D eigenvalue weighted by Gasteiger charge is -2.35. The summed E-state index contributed by atoms with van der Waals surface area (Å²) in [6.07, 6.45) is -0.984. The normalized spacial score (nSPS) is 17.7. The Morgan fingerprint density at radius 3 is 2.40 bits per heavy atom. The van der Waals surface area contributed by atoms with Gasteiger partial charge < -0.3 is 4.90 Å². The number of nitrogens with zero attached hydrogens (tertiary/aromatic N) is 4. The molecule has 10 heteroatoms. The summed E-state index contributed by atoms with van der Waals surface area (Å²) < 4.78 is 27.8. The molecule has 0 bridgehead atoms. The van der Waals surface area contributed by atoms with Crippen molar-refractivity contribution >= 4 is 40.7 Å². The molecular formula is C20H21Cl3F2N4O. The Kier molecular flexibility index (Phi) is 6.53. The van der Waals surface area contributed by atoms with E-state index in [9.17, 15) is 13.6 Å². The standard InChI is InChI=1S/C20H21Cl3F2N4O/c21-14-4-1-12(9-15(14)22)10-27-5-7-28(8-6-27)16(30)11-29-19(13-2-3-13)17(23)18(26-29)20(24)25/h1,4,9,13,20H,2-3,5-8,10-11H2. The fraction of sp³-hybridized carbons (Fsp3) is 0.500. The molecular weight excluding hydrogens is 457 g/mol. The first-order chi connectivity index (χ1) is 14.3. The van der Waals surface area contributed by atoms with Crippen molar-refractivity contribution in [2.45, 2.75) is 38.3 Å². The third-order valence-corrected chi connectivity index (χ3v) is 6.65. The van der Waals surface area contributed by atoms with E-state index in [4.69, 9.17) is 34.8 Å². The fourth-order valence-electron chi connectivity index (χ4n) is 3.76. The molecule has 1 saturated heterocycles. The molecule has 0 radical (unpaired) electrons. The van der Waals surface area contributed by atoms with Crippen LogP contribution in [0, 0.1) is 0 Å². The Morgan fingerprint density at radius 1 is 1.10 bits per heavy atom. The number of carbonyl (C=O) groups excluding carboxylic acids is 1. The highest BCUT2D eigenvalue weighted by Crippen LogP contribution is 2.45. The molecule has 30 heavy (non-hydrogen) atoms. The van der Waals surface area contributed by atoms with E-state index in [1.807, 2.05) is 12.1 Å². The molecule has 1 aromatic carbocycles. The van der Waals surface area contributed by atoms with Crippen LogP contribution in [0.2, 0.25) is 15.1 Å². The smallest absolute Gasteiger partial charge is 0.283 e. The highest BCUT2D eigenvalue weighted by atomic mass is 35.5. The van der Waals surface area contributed by atoms with Crippen LogP contribution in [0.3, 0.4) is 0 Å². The molecule has 1 aliphatic carbocycles. The summed E-state index contributed by atoms with van der Waals surface area (Å²) in [6.45, 7) is 3.21. The number of aromatic nitrogens is 2. The Labute approximate surface area is 188 Å². The third kappa shape index (κ3) is 4.74. The van der Waals surface area contributed by atoms with Gasteiger partial charge in [-0.3, -0.25) is 14.4 Å². The zero-order chi connectivity index (χ0) is 21.4. The van der Waals surface area contributed by atoms with Gasteiger partial charge in [-0.25, -0.2) is 8.78 Å². The van der Waals surface area contributed by atoms with Crippen molar-refractivity contribution in [1.29, 1.82) is 0 Å². The van der Waals surface area contributed by atoms with Crippen LogP contribution in [0.15, 0.2) is 18.2 Å². The summed E-state index contributed by atoms with van der Waals surface area (Å²) in [5.41, 5.74) is 1.19. The molecule has 1 amide bonds. The third-order valence-electron chi connectivity index (χ3n) is 5.53. The van der Waals surface area contributed by atoms with Gasteiger partial charge in [-0.15, -0.1) is 0 Å². The van der Waals surface area contributed by atoms with E-state index in [2.05, 4.69) is 10.00 Å². The zero-order valence-electron chi connectivity index (χ0n) is 16.1. The van der Waals surface area contributed by atoms with Crippen LogP contribution >= 0.6 is 34.8 Å². The number of hydrogen-bond acceptors (Lipinski definition) is 3. The number of benzene rings is 1. The van der Waals surface area contributed by atoms with Crippen LogP contribution in [-0.4, -0.2) is 51.7 Å². The van der Waals surface area contributed by atoms with Crippen LogP contribution in [0.25, 0.3) is 0 Å². The minimum Gasteiger partial charge on any atom is -0.339 e. The number of piperazine rings is 1. The summed E-state index contributed by atoms with van der Waals surface area (Å²) in [7, 11) is 0. The first-order valence-corrected chi connectivity index (χ1v) is 10.9. The summed E-state index contributed by atoms with van der Waals surface area (Å²) >= 11 is 18.2. The molecule has 5 nitrogen and oxygen atoms in total. The van der Waals surface area contributed by atoms with E-state index in [0.717, 1.165) is 24.9 Å². The Bertz CT molecular complexity index is 940. The maximum absolute atomic E-state index is 13.2. The van der Waals surface area contributed by atoms with E-state index >= 15 is 0 Å². The second-order valence-electron chi connectivity index (χ2n) is 7.72. The van der Waals surface area contributed by atoms with Gasteiger partial charge in [0.25, 0.3) is 6.43 Å². The quantitative estimate of drug-likeness (QED) is 0.588. The number of rotatable bonds is 6. The second-order valence-corrected chi connectivity index (χ2v) is 8.91. The van der Waals surface area contributed by atoms with Crippen molar-refractivity contribution in [2.75, 3.05) is 26.2 Å². The van der Waals surface area contributed by atoms with E-state index in [-0.39, 0.29) is 23.4 Å². The summed E-state index contributed by atoms with van der Waals surface area (Å²) in [4.78, 5) is 16.8. The Hall–Kier alpha value is -1.41. The van der Waals surface area contributed by atoms with Crippen molar-refractivity contribution in [3.63, 3.8) is 0 Å². The van der Waals surface area contributed by atoms with Crippen LogP contribution in [0.1, 0.15) is 42.1 Å². The van der Waals surface area contributed by atoms with Gasteiger partial charge in [0, 0.05) is 38.6 Å². The van der Waals surface area contributed by atoms with E-state index < -0.39 is 12.1 Å². The molecule has 0 spiro atoms. The van der Waals surface area contributed by atoms with Crippen LogP contribution in [0.4, 0.5) is 8.78 Å². The molecule has 162 valence electrons. The average molecular weight is 478 g/mol. The molecule has 2 heterocycles. The topological polar surface area (TPSA) is 41.4 Å². The zero-order valence-corrected chi connectivity index (χ0v) is 18.4. The summed E-state index contributed by atoms with van der Waals surface area (Å²) in [6, 6.07) is 5.56. The van der Waals surface area contributed by atoms with Crippen molar-refractivity contribution in [2.24, 2.45) is 0 Å². The molecule has 0 unspecified atom stereocenters. The second kappa shape index (κ2) is 8.99. The molecule has 1 saturated carbocycles. The summed E-state index contributed by atoms with van der Waals surface area (Å²) in [5, 5.41) is 5.00. The van der Waals surface area contributed by atoms with Crippen LogP contribution in [-0.2, 0) is 17.9 Å². The average Bonchev–Trinajstić information content (AvgIpc) is 3.49. The van der Waals surface area contributed by atoms with Crippen LogP contribution < -0.4 is 0 Å². The fourth-order valence-corrected chi connectivity index (χ4v) is 4.45. The molecule has 2 fully saturated rings. The van der Waals surface area contributed by atoms with Crippen molar-refractivity contribution < 1.29 is 13.6 Å². The number of amides is 1. The van der Waals surface area contributed by atoms with Crippen molar-refractivity contribution in [1.82, 2.24) is 19.6 Å². The van der Waals surface area contributed by atoms with Gasteiger partial charge in [-0.1, -0.05) is 40.9 Å². The van der Waals surface area contributed by atoms with Crippen molar-refractivity contribution in [3.8, 4) is 0 Å². The minimum absolute atomic E-state index is 0.00624. The maximum atomic E-state index is 13.2. The predicted molar refractivity (Wildman–Crippen MR) is 112 cm³/mol. The molecule has 0 N–H and O–H groups in total. The number of halogens is 5. The molecule has 0 atom stereocenters. The van der Waals surface area contributed by atoms with E-state index in [1.54, 1.807) is 11.0 Å². The molecule has 2 aromatic rings. The van der Waals surface area contributed by atoms with Gasteiger partial charge in [-0.2, -0.15) is 5.10 Å². The molecule has 2 aliphatic rings. The lowest BCUT2D eigenvalue weighted by molar-refractivity contribution is -0.133. The lowest BCUT2D eigenvalue weighted by Crippen LogP contribution is -2.49. The first kappa shape index (κ1) is 21.8. The lowest BCUT2D eigenvalue weighted by atomic mass is 10.2. The molecule has 1 aromatic heterocycles. The number of alkyl halides is 2. The highest BCUT2D eigenvalue weighted by Gasteiger charge is 2.35. The predicted octanol–water partition coefficient (Wildman–Crippen LogP) is 5.00. The Morgan fingerprint density at radius 2 is 1.80 bits per heavy atom. The van der Waals surface area contributed by atoms with Crippen molar-refractivity contribution in [3.05, 3.63) is 50.2 Å². The van der Waals surface area contributed by atoms with Gasteiger partial charge in [0.2, 0.25) is 5.91 Å². The highest BCUT2D eigenvalue weighted by molar-refractivity contribution is 6.42.